The molecule has 1 aliphatic rings. The standard InChI is InChI=1S/C16H22O/c1-16(2,3)14-9-7-12(8-10-14)11-13-5-4-6-15(13)17/h7-10,13H,4-6,11H2,1-3H3. The van der Waals surface area contributed by atoms with Crippen LogP contribution in [0.5, 0.6) is 0 Å². The van der Waals surface area contributed by atoms with Gasteiger partial charge in [-0.3, -0.25) is 4.79 Å². The van der Waals surface area contributed by atoms with E-state index in [2.05, 4.69) is 45.0 Å². The first-order valence-electron chi connectivity index (χ1n) is 6.59. The van der Waals surface area contributed by atoms with Crippen LogP contribution in [0.25, 0.3) is 0 Å². The van der Waals surface area contributed by atoms with Gasteiger partial charge in [-0.2, -0.15) is 0 Å². The maximum Gasteiger partial charge on any atom is 0.136 e. The molecular weight excluding hydrogens is 208 g/mol. The van der Waals surface area contributed by atoms with Crippen LogP contribution in [-0.4, -0.2) is 5.78 Å². The number of carbonyl (C=O) groups is 1. The van der Waals surface area contributed by atoms with E-state index in [0.29, 0.717) is 5.78 Å². The van der Waals surface area contributed by atoms with Gasteiger partial charge in [-0.05, 0) is 35.8 Å². The van der Waals surface area contributed by atoms with Crippen LogP contribution < -0.4 is 0 Å². The second-order valence-electron chi connectivity index (χ2n) is 6.21. The second kappa shape index (κ2) is 4.64. The minimum absolute atomic E-state index is 0.210. The van der Waals surface area contributed by atoms with Crippen molar-refractivity contribution in [3.8, 4) is 0 Å². The summed E-state index contributed by atoms with van der Waals surface area (Å²) in [5, 5.41) is 0. The van der Waals surface area contributed by atoms with Crippen molar-refractivity contribution < 1.29 is 4.79 Å². The molecule has 0 aromatic heterocycles. The van der Waals surface area contributed by atoms with E-state index in [1.54, 1.807) is 0 Å². The minimum atomic E-state index is 0.210. The van der Waals surface area contributed by atoms with Gasteiger partial charge < -0.3 is 0 Å². The Kier molecular flexibility index (Phi) is 3.37. The molecule has 1 aromatic rings. The van der Waals surface area contributed by atoms with E-state index in [9.17, 15) is 4.79 Å². The molecule has 1 nitrogen and oxygen atoms in total. The van der Waals surface area contributed by atoms with E-state index < -0.39 is 0 Å². The minimum Gasteiger partial charge on any atom is -0.299 e. The third kappa shape index (κ3) is 2.96. The van der Waals surface area contributed by atoms with Gasteiger partial charge in [0.15, 0.2) is 0 Å². The zero-order chi connectivity index (χ0) is 12.5. The molecule has 1 saturated carbocycles. The maximum atomic E-state index is 11.6. The highest BCUT2D eigenvalue weighted by atomic mass is 16.1. The van der Waals surface area contributed by atoms with Gasteiger partial charge in [0.2, 0.25) is 0 Å². The van der Waals surface area contributed by atoms with Crippen molar-refractivity contribution in [2.45, 2.75) is 51.9 Å². The number of Topliss-reactive ketones (excluding diaryl/α,β-unsaturated/α-hetero) is 1. The van der Waals surface area contributed by atoms with Crippen LogP contribution in [0.15, 0.2) is 24.3 Å². The van der Waals surface area contributed by atoms with Crippen molar-refractivity contribution in [2.75, 3.05) is 0 Å². The smallest absolute Gasteiger partial charge is 0.136 e. The second-order valence-corrected chi connectivity index (χ2v) is 6.21. The number of hydrogen-bond donors (Lipinski definition) is 0. The number of rotatable bonds is 2. The molecule has 0 radical (unpaired) electrons. The lowest BCUT2D eigenvalue weighted by Crippen LogP contribution is -2.12. The average Bonchev–Trinajstić information content (AvgIpc) is 2.64. The first-order valence-corrected chi connectivity index (χ1v) is 6.59. The van der Waals surface area contributed by atoms with Crippen molar-refractivity contribution in [2.24, 2.45) is 5.92 Å². The predicted octanol–water partition coefficient (Wildman–Crippen LogP) is 3.90. The van der Waals surface area contributed by atoms with Gasteiger partial charge in [-0.25, -0.2) is 0 Å². The topological polar surface area (TPSA) is 17.1 Å². The molecule has 0 N–H and O–H groups in total. The first-order chi connectivity index (χ1) is 7.97. The van der Waals surface area contributed by atoms with Crippen LogP contribution in [0.1, 0.15) is 51.2 Å². The van der Waals surface area contributed by atoms with Gasteiger partial charge in [0.05, 0.1) is 0 Å². The molecule has 1 heteroatoms. The molecule has 17 heavy (non-hydrogen) atoms. The van der Waals surface area contributed by atoms with Crippen LogP contribution in [-0.2, 0) is 16.6 Å². The summed E-state index contributed by atoms with van der Waals surface area (Å²) in [6.07, 6.45) is 3.90. The fraction of sp³-hybridized carbons (Fsp3) is 0.562. The Labute approximate surface area is 104 Å². The SMILES string of the molecule is CC(C)(C)c1ccc(CC2CCCC2=O)cc1. The van der Waals surface area contributed by atoms with Gasteiger partial charge in [0, 0.05) is 12.3 Å². The molecule has 1 atom stereocenters. The third-order valence-electron chi connectivity index (χ3n) is 3.73. The summed E-state index contributed by atoms with van der Waals surface area (Å²) in [4.78, 5) is 11.6. The third-order valence-corrected chi connectivity index (χ3v) is 3.73. The van der Waals surface area contributed by atoms with Crippen molar-refractivity contribution in [3.63, 3.8) is 0 Å². The lowest BCUT2D eigenvalue weighted by Gasteiger charge is -2.19. The van der Waals surface area contributed by atoms with Crippen molar-refractivity contribution in [1.29, 1.82) is 0 Å². The van der Waals surface area contributed by atoms with Crippen LogP contribution in [0.2, 0.25) is 0 Å². The number of carbonyl (C=O) groups excluding carboxylic acids is 1. The Morgan fingerprint density at radius 2 is 1.82 bits per heavy atom. The molecule has 92 valence electrons. The quantitative estimate of drug-likeness (QED) is 0.753. The Balaban J connectivity index is 2.06. The Morgan fingerprint density at radius 1 is 1.18 bits per heavy atom. The van der Waals surface area contributed by atoms with Crippen LogP contribution in [0.3, 0.4) is 0 Å². The van der Waals surface area contributed by atoms with E-state index in [-0.39, 0.29) is 11.3 Å². The molecule has 0 bridgehead atoms. The highest BCUT2D eigenvalue weighted by Gasteiger charge is 2.24. The van der Waals surface area contributed by atoms with E-state index in [1.807, 2.05) is 0 Å². The average molecular weight is 230 g/mol. The molecule has 1 unspecified atom stereocenters. The molecule has 1 aromatic carbocycles. The number of benzene rings is 1. The van der Waals surface area contributed by atoms with Gasteiger partial charge in [-0.1, -0.05) is 45.0 Å². The maximum absolute atomic E-state index is 11.6. The monoisotopic (exact) mass is 230 g/mol. The molecule has 0 aliphatic heterocycles. The van der Waals surface area contributed by atoms with Crippen molar-refractivity contribution in [3.05, 3.63) is 35.4 Å². The van der Waals surface area contributed by atoms with E-state index in [4.69, 9.17) is 0 Å². The summed E-state index contributed by atoms with van der Waals surface area (Å²) in [6, 6.07) is 8.78. The number of hydrogen-bond acceptors (Lipinski definition) is 1. The van der Waals surface area contributed by atoms with E-state index >= 15 is 0 Å². The van der Waals surface area contributed by atoms with Crippen LogP contribution >= 0.6 is 0 Å². The summed E-state index contributed by atoms with van der Waals surface area (Å²) in [5.41, 5.74) is 2.87. The Morgan fingerprint density at radius 3 is 2.29 bits per heavy atom. The van der Waals surface area contributed by atoms with Crippen LogP contribution in [0.4, 0.5) is 0 Å². The summed E-state index contributed by atoms with van der Waals surface area (Å²) in [7, 11) is 0. The summed E-state index contributed by atoms with van der Waals surface area (Å²) < 4.78 is 0. The van der Waals surface area contributed by atoms with Crippen molar-refractivity contribution >= 4 is 5.78 Å². The molecule has 0 saturated heterocycles. The molecule has 0 amide bonds. The highest BCUT2D eigenvalue weighted by molar-refractivity contribution is 5.83. The molecule has 2 rings (SSSR count). The Bertz CT molecular complexity index is 395. The predicted molar refractivity (Wildman–Crippen MR) is 71.2 cm³/mol. The lowest BCUT2D eigenvalue weighted by molar-refractivity contribution is -0.120. The van der Waals surface area contributed by atoms with E-state index in [0.717, 1.165) is 25.7 Å². The van der Waals surface area contributed by atoms with Gasteiger partial charge in [-0.15, -0.1) is 0 Å². The van der Waals surface area contributed by atoms with Crippen molar-refractivity contribution in [1.82, 2.24) is 0 Å². The molecular formula is C16H22O. The number of ketones is 1. The fourth-order valence-electron chi connectivity index (χ4n) is 2.53. The molecule has 1 aliphatic carbocycles. The molecule has 0 heterocycles. The van der Waals surface area contributed by atoms with Gasteiger partial charge >= 0.3 is 0 Å². The van der Waals surface area contributed by atoms with Gasteiger partial charge in [0.25, 0.3) is 0 Å². The first kappa shape index (κ1) is 12.3. The molecule has 1 fully saturated rings. The highest BCUT2D eigenvalue weighted by Crippen LogP contribution is 2.27. The van der Waals surface area contributed by atoms with Gasteiger partial charge in [0.1, 0.15) is 5.78 Å². The largest absolute Gasteiger partial charge is 0.299 e. The summed E-state index contributed by atoms with van der Waals surface area (Å²) in [5.74, 6) is 0.750. The summed E-state index contributed by atoms with van der Waals surface area (Å²) in [6.45, 7) is 6.67. The summed E-state index contributed by atoms with van der Waals surface area (Å²) >= 11 is 0. The lowest BCUT2D eigenvalue weighted by atomic mass is 9.86. The van der Waals surface area contributed by atoms with Crippen LogP contribution in [0, 0.1) is 5.92 Å². The molecule has 0 spiro atoms. The zero-order valence-corrected chi connectivity index (χ0v) is 11.1. The zero-order valence-electron chi connectivity index (χ0n) is 11.1. The van der Waals surface area contributed by atoms with E-state index in [1.165, 1.54) is 11.1 Å². The Hall–Kier alpha value is -1.11. The fourth-order valence-corrected chi connectivity index (χ4v) is 2.53. The normalized spacial score (nSPS) is 20.9.